The maximum atomic E-state index is 12.2. The lowest BCUT2D eigenvalue weighted by Crippen LogP contribution is -2.34. The summed E-state index contributed by atoms with van der Waals surface area (Å²) in [5.41, 5.74) is 0. The molecule has 5 atom stereocenters. The smallest absolute Gasteiger partial charge is 0.308 e. The van der Waals surface area contributed by atoms with Gasteiger partial charge in [-0.25, -0.2) is 0 Å². The van der Waals surface area contributed by atoms with Gasteiger partial charge in [0, 0.05) is 26.1 Å². The number of hydrogen-bond acceptors (Lipinski definition) is 6. The van der Waals surface area contributed by atoms with Crippen LogP contribution in [0.2, 0.25) is 0 Å². The van der Waals surface area contributed by atoms with Crippen molar-refractivity contribution in [3.05, 3.63) is 12.8 Å². The van der Waals surface area contributed by atoms with Crippen molar-refractivity contribution in [2.24, 2.45) is 17.8 Å². The van der Waals surface area contributed by atoms with Gasteiger partial charge in [0.15, 0.2) is 12.6 Å². The Kier molecular flexibility index (Phi) is 7.33. The first-order valence-corrected chi connectivity index (χ1v) is 8.31. The van der Waals surface area contributed by atoms with E-state index < -0.39 is 0 Å². The first-order valence-electron chi connectivity index (χ1n) is 8.31. The number of carbonyl (C=O) groups is 1. The second-order valence-electron chi connectivity index (χ2n) is 6.09. The van der Waals surface area contributed by atoms with Gasteiger partial charge in [-0.1, -0.05) is 6.58 Å². The van der Waals surface area contributed by atoms with Gasteiger partial charge in [-0.05, 0) is 32.1 Å². The molecule has 132 valence electrons. The molecule has 0 aromatic carbocycles. The quantitative estimate of drug-likeness (QED) is 0.368. The molecule has 23 heavy (non-hydrogen) atoms. The minimum Gasteiger partial charge on any atom is -0.502 e. The van der Waals surface area contributed by atoms with Crippen LogP contribution in [0.15, 0.2) is 12.8 Å². The molecule has 0 aromatic rings. The lowest BCUT2D eigenvalue weighted by atomic mass is 9.74. The number of hydrogen-bond donors (Lipinski definition) is 0. The maximum absolute atomic E-state index is 12.2. The van der Waals surface area contributed by atoms with Crippen molar-refractivity contribution in [3.63, 3.8) is 0 Å². The summed E-state index contributed by atoms with van der Waals surface area (Å²) in [6, 6.07) is 0. The van der Waals surface area contributed by atoms with E-state index in [1.54, 1.807) is 14.2 Å². The SMILES string of the molecule is C=COCCCCOC(=O)C1CCC2C(OC)OC(OC)C2C1. The standard InChI is InChI=1S/C17H28O6/c1-4-21-9-5-6-10-22-15(18)12-7-8-13-14(11-12)17(20-3)23-16(13)19-2/h4,12-14,16-17H,1,5-11H2,2-3H3. The van der Waals surface area contributed by atoms with Crippen molar-refractivity contribution >= 4 is 5.97 Å². The summed E-state index contributed by atoms with van der Waals surface area (Å²) in [5.74, 6) is 0.309. The van der Waals surface area contributed by atoms with Crippen LogP contribution in [-0.4, -0.2) is 46.0 Å². The summed E-state index contributed by atoms with van der Waals surface area (Å²) in [6.45, 7) is 4.53. The van der Waals surface area contributed by atoms with E-state index in [-0.39, 0.29) is 30.4 Å². The Balaban J connectivity index is 1.74. The molecule has 5 unspecified atom stereocenters. The van der Waals surface area contributed by atoms with Crippen LogP contribution in [0.3, 0.4) is 0 Å². The molecule has 2 aliphatic rings. The normalized spacial score (nSPS) is 33.0. The molecule has 1 aliphatic heterocycles. The molecule has 1 saturated heterocycles. The number of unbranched alkanes of at least 4 members (excludes halogenated alkanes) is 1. The molecular formula is C17H28O6. The first kappa shape index (κ1) is 18.2. The Morgan fingerprint density at radius 1 is 1.13 bits per heavy atom. The van der Waals surface area contributed by atoms with Gasteiger partial charge in [0.2, 0.25) is 0 Å². The fraction of sp³-hybridized carbons (Fsp3) is 0.824. The Morgan fingerprint density at radius 3 is 2.52 bits per heavy atom. The molecule has 0 N–H and O–H groups in total. The summed E-state index contributed by atoms with van der Waals surface area (Å²) in [6.07, 6.45) is 5.01. The lowest BCUT2D eigenvalue weighted by molar-refractivity contribution is -0.197. The van der Waals surface area contributed by atoms with E-state index in [0.29, 0.717) is 19.1 Å². The molecule has 0 spiro atoms. The zero-order chi connectivity index (χ0) is 16.7. The van der Waals surface area contributed by atoms with E-state index in [4.69, 9.17) is 23.7 Å². The van der Waals surface area contributed by atoms with Gasteiger partial charge in [0.1, 0.15) is 0 Å². The molecular weight excluding hydrogens is 300 g/mol. The third-order valence-electron chi connectivity index (χ3n) is 4.74. The lowest BCUT2D eigenvalue weighted by Gasteiger charge is -2.32. The van der Waals surface area contributed by atoms with Crippen LogP contribution in [-0.2, 0) is 28.5 Å². The molecule has 2 fully saturated rings. The van der Waals surface area contributed by atoms with Gasteiger partial charge in [-0.15, -0.1) is 0 Å². The molecule has 1 saturated carbocycles. The third-order valence-corrected chi connectivity index (χ3v) is 4.74. The first-order chi connectivity index (χ1) is 11.2. The second-order valence-corrected chi connectivity index (χ2v) is 6.09. The highest BCUT2D eigenvalue weighted by molar-refractivity contribution is 5.72. The van der Waals surface area contributed by atoms with E-state index in [1.807, 2.05) is 0 Å². The fourth-order valence-electron chi connectivity index (χ4n) is 3.55. The van der Waals surface area contributed by atoms with E-state index in [1.165, 1.54) is 6.26 Å². The second kappa shape index (κ2) is 9.25. The average Bonchev–Trinajstić information content (AvgIpc) is 2.94. The van der Waals surface area contributed by atoms with Crippen LogP contribution >= 0.6 is 0 Å². The number of rotatable bonds is 9. The predicted molar refractivity (Wildman–Crippen MR) is 83.3 cm³/mol. The summed E-state index contributed by atoms with van der Waals surface area (Å²) < 4.78 is 27.0. The highest BCUT2D eigenvalue weighted by Gasteiger charge is 2.49. The van der Waals surface area contributed by atoms with Gasteiger partial charge in [-0.2, -0.15) is 0 Å². The summed E-state index contributed by atoms with van der Waals surface area (Å²) in [7, 11) is 3.28. The minimum atomic E-state index is -0.295. The van der Waals surface area contributed by atoms with Gasteiger partial charge in [0.25, 0.3) is 0 Å². The highest BCUT2D eigenvalue weighted by Crippen LogP contribution is 2.45. The molecule has 0 aromatic heterocycles. The monoisotopic (exact) mass is 328 g/mol. The van der Waals surface area contributed by atoms with Crippen molar-refractivity contribution in [3.8, 4) is 0 Å². The Bertz CT molecular complexity index is 385. The van der Waals surface area contributed by atoms with Gasteiger partial charge < -0.3 is 23.7 Å². The molecule has 0 radical (unpaired) electrons. The van der Waals surface area contributed by atoms with Crippen LogP contribution in [0.1, 0.15) is 32.1 Å². The van der Waals surface area contributed by atoms with E-state index >= 15 is 0 Å². The summed E-state index contributed by atoms with van der Waals surface area (Å²) in [5, 5.41) is 0. The number of esters is 1. The van der Waals surface area contributed by atoms with Crippen LogP contribution in [0, 0.1) is 17.8 Å². The largest absolute Gasteiger partial charge is 0.502 e. The molecule has 2 rings (SSSR count). The number of carbonyl (C=O) groups excluding carboxylic acids is 1. The summed E-state index contributed by atoms with van der Waals surface area (Å²) in [4.78, 5) is 12.2. The highest BCUT2D eigenvalue weighted by atomic mass is 16.8. The topological polar surface area (TPSA) is 63.2 Å². The van der Waals surface area contributed by atoms with Crippen molar-refractivity contribution in [1.82, 2.24) is 0 Å². The Labute approximate surface area is 138 Å². The van der Waals surface area contributed by atoms with Gasteiger partial charge >= 0.3 is 5.97 Å². The average molecular weight is 328 g/mol. The van der Waals surface area contributed by atoms with Gasteiger partial charge in [-0.3, -0.25) is 4.79 Å². The van der Waals surface area contributed by atoms with Crippen molar-refractivity contribution in [2.45, 2.75) is 44.7 Å². The zero-order valence-corrected chi connectivity index (χ0v) is 14.1. The number of methoxy groups -OCH3 is 2. The van der Waals surface area contributed by atoms with Crippen LogP contribution in [0.5, 0.6) is 0 Å². The van der Waals surface area contributed by atoms with Crippen molar-refractivity contribution in [1.29, 1.82) is 0 Å². The fourth-order valence-corrected chi connectivity index (χ4v) is 3.55. The molecule has 0 bridgehead atoms. The van der Waals surface area contributed by atoms with Crippen molar-refractivity contribution in [2.75, 3.05) is 27.4 Å². The summed E-state index contributed by atoms with van der Waals surface area (Å²) >= 11 is 0. The number of fused-ring (bicyclic) bond motifs is 1. The van der Waals surface area contributed by atoms with Crippen LogP contribution in [0.25, 0.3) is 0 Å². The predicted octanol–water partition coefficient (Wildman–Crippen LogP) is 2.48. The van der Waals surface area contributed by atoms with Crippen molar-refractivity contribution < 1.29 is 28.5 Å². The van der Waals surface area contributed by atoms with E-state index in [0.717, 1.165) is 32.1 Å². The van der Waals surface area contributed by atoms with Gasteiger partial charge in [0.05, 0.1) is 25.4 Å². The zero-order valence-electron chi connectivity index (χ0n) is 14.1. The van der Waals surface area contributed by atoms with E-state index in [9.17, 15) is 4.79 Å². The molecule has 0 amide bonds. The van der Waals surface area contributed by atoms with Crippen LogP contribution in [0.4, 0.5) is 0 Å². The Morgan fingerprint density at radius 2 is 1.83 bits per heavy atom. The third kappa shape index (κ3) is 4.68. The molecule has 6 heteroatoms. The number of ether oxygens (including phenoxy) is 5. The molecule has 1 aliphatic carbocycles. The Hall–Kier alpha value is -1.11. The minimum absolute atomic E-state index is 0.0717. The van der Waals surface area contributed by atoms with E-state index in [2.05, 4.69) is 6.58 Å². The molecule has 6 nitrogen and oxygen atoms in total. The molecule has 1 heterocycles. The van der Waals surface area contributed by atoms with Crippen LogP contribution < -0.4 is 0 Å². The maximum Gasteiger partial charge on any atom is 0.308 e.